The Labute approximate surface area is 110 Å². The van der Waals surface area contributed by atoms with Gasteiger partial charge < -0.3 is 4.90 Å². The zero-order valence-electron chi connectivity index (χ0n) is 11.7. The van der Waals surface area contributed by atoms with Gasteiger partial charge in [0.1, 0.15) is 0 Å². The van der Waals surface area contributed by atoms with E-state index in [4.69, 9.17) is 0 Å². The Morgan fingerprint density at radius 3 is 2.61 bits per heavy atom. The van der Waals surface area contributed by atoms with Crippen LogP contribution in [0.3, 0.4) is 0 Å². The fourth-order valence-electron chi connectivity index (χ4n) is 3.83. The zero-order chi connectivity index (χ0) is 12.8. The van der Waals surface area contributed by atoms with Crippen molar-refractivity contribution in [3.63, 3.8) is 0 Å². The number of carbonyl (C=O) groups excluding carboxylic acids is 1. The molecule has 0 aromatic rings. The Hall–Kier alpha value is -0.570. The first-order chi connectivity index (χ1) is 8.66. The van der Waals surface area contributed by atoms with Crippen LogP contribution in [-0.4, -0.2) is 29.1 Å². The number of hydrogen-bond acceptors (Lipinski definition) is 2. The van der Waals surface area contributed by atoms with E-state index < -0.39 is 0 Å². The van der Waals surface area contributed by atoms with E-state index in [9.17, 15) is 4.79 Å². The molecule has 3 aliphatic rings. The quantitative estimate of drug-likeness (QED) is 0.831. The molecular formula is C15H26N2O. The zero-order valence-corrected chi connectivity index (χ0v) is 11.7. The first-order valence-corrected chi connectivity index (χ1v) is 7.75. The Kier molecular flexibility index (Phi) is 3.13. The Bertz CT molecular complexity index is 335. The molecule has 0 aromatic heterocycles. The van der Waals surface area contributed by atoms with Crippen molar-refractivity contribution in [3.8, 4) is 0 Å². The highest BCUT2D eigenvalue weighted by Crippen LogP contribution is 2.42. The summed E-state index contributed by atoms with van der Waals surface area (Å²) in [5, 5.41) is 3.69. The summed E-state index contributed by atoms with van der Waals surface area (Å²) >= 11 is 0. The van der Waals surface area contributed by atoms with E-state index in [2.05, 4.69) is 24.1 Å². The number of carbonyl (C=O) groups is 1. The molecule has 0 aromatic carbocycles. The molecule has 3 nitrogen and oxygen atoms in total. The summed E-state index contributed by atoms with van der Waals surface area (Å²) in [6.07, 6.45) is 8.43. The lowest BCUT2D eigenvalue weighted by Gasteiger charge is -2.24. The van der Waals surface area contributed by atoms with Crippen molar-refractivity contribution in [2.75, 3.05) is 6.54 Å². The van der Waals surface area contributed by atoms with E-state index in [1.54, 1.807) is 0 Å². The number of amides is 1. The third-order valence-electron chi connectivity index (χ3n) is 5.22. The standard InChI is InChI=1S/C15H26N2O/c1-3-6-13-16-15(7-4-5-8-15)14(18)17(13)10-12-9-11(12)2/h11-13,16H,3-10H2,1-2H3. The third kappa shape index (κ3) is 1.97. The van der Waals surface area contributed by atoms with Crippen LogP contribution in [0.15, 0.2) is 0 Å². The van der Waals surface area contributed by atoms with Crippen molar-refractivity contribution < 1.29 is 4.79 Å². The lowest BCUT2D eigenvalue weighted by atomic mass is 9.98. The van der Waals surface area contributed by atoms with Gasteiger partial charge in [-0.25, -0.2) is 0 Å². The lowest BCUT2D eigenvalue weighted by Crippen LogP contribution is -2.44. The third-order valence-corrected chi connectivity index (χ3v) is 5.22. The summed E-state index contributed by atoms with van der Waals surface area (Å²) < 4.78 is 0. The molecule has 0 bridgehead atoms. The second-order valence-electron chi connectivity index (χ2n) is 6.67. The molecule has 3 fully saturated rings. The highest BCUT2D eigenvalue weighted by Gasteiger charge is 2.53. The van der Waals surface area contributed by atoms with Crippen LogP contribution in [0.2, 0.25) is 0 Å². The highest BCUT2D eigenvalue weighted by atomic mass is 16.2. The largest absolute Gasteiger partial charge is 0.325 e. The molecule has 0 radical (unpaired) electrons. The van der Waals surface area contributed by atoms with Gasteiger partial charge in [-0.3, -0.25) is 10.1 Å². The van der Waals surface area contributed by atoms with Crippen molar-refractivity contribution in [1.82, 2.24) is 10.2 Å². The predicted octanol–water partition coefficient (Wildman–Crippen LogP) is 2.51. The Morgan fingerprint density at radius 2 is 2.06 bits per heavy atom. The molecule has 1 saturated heterocycles. The summed E-state index contributed by atoms with van der Waals surface area (Å²) in [4.78, 5) is 14.9. The van der Waals surface area contributed by atoms with Crippen LogP contribution in [0.1, 0.15) is 58.8 Å². The molecule has 2 aliphatic carbocycles. The van der Waals surface area contributed by atoms with Crippen LogP contribution in [0, 0.1) is 11.8 Å². The van der Waals surface area contributed by atoms with Crippen LogP contribution in [-0.2, 0) is 4.79 Å². The van der Waals surface area contributed by atoms with Gasteiger partial charge in [-0.2, -0.15) is 0 Å². The topological polar surface area (TPSA) is 32.3 Å². The average Bonchev–Trinajstić information content (AvgIpc) is 2.76. The van der Waals surface area contributed by atoms with Gasteiger partial charge in [0.15, 0.2) is 0 Å². The van der Waals surface area contributed by atoms with Crippen molar-refractivity contribution in [2.45, 2.75) is 70.5 Å². The van der Waals surface area contributed by atoms with Crippen LogP contribution in [0.5, 0.6) is 0 Å². The van der Waals surface area contributed by atoms with E-state index in [0.29, 0.717) is 12.1 Å². The molecule has 102 valence electrons. The van der Waals surface area contributed by atoms with Gasteiger partial charge in [-0.1, -0.05) is 33.1 Å². The fraction of sp³-hybridized carbons (Fsp3) is 0.933. The van der Waals surface area contributed by atoms with Crippen LogP contribution in [0.4, 0.5) is 0 Å². The number of hydrogen-bond donors (Lipinski definition) is 1. The minimum atomic E-state index is -0.169. The molecule has 1 amide bonds. The summed E-state index contributed by atoms with van der Waals surface area (Å²) in [6, 6.07) is 0. The summed E-state index contributed by atoms with van der Waals surface area (Å²) in [5.41, 5.74) is -0.169. The number of nitrogens with one attached hydrogen (secondary N) is 1. The first-order valence-electron chi connectivity index (χ1n) is 7.75. The van der Waals surface area contributed by atoms with Gasteiger partial charge in [-0.05, 0) is 37.5 Å². The van der Waals surface area contributed by atoms with E-state index in [1.165, 1.54) is 19.3 Å². The van der Waals surface area contributed by atoms with Crippen molar-refractivity contribution in [3.05, 3.63) is 0 Å². The van der Waals surface area contributed by atoms with Crippen molar-refractivity contribution in [2.24, 2.45) is 11.8 Å². The summed E-state index contributed by atoms with van der Waals surface area (Å²) in [5.74, 6) is 2.02. The Balaban J connectivity index is 1.73. The molecule has 1 N–H and O–H groups in total. The minimum Gasteiger partial charge on any atom is -0.325 e. The van der Waals surface area contributed by atoms with Crippen LogP contribution >= 0.6 is 0 Å². The summed E-state index contributed by atoms with van der Waals surface area (Å²) in [6.45, 7) is 5.52. The highest BCUT2D eigenvalue weighted by molar-refractivity contribution is 5.89. The van der Waals surface area contributed by atoms with Gasteiger partial charge in [0.05, 0.1) is 11.7 Å². The smallest absolute Gasteiger partial charge is 0.244 e. The molecule has 2 saturated carbocycles. The molecule has 3 heteroatoms. The van der Waals surface area contributed by atoms with Gasteiger partial charge in [0.25, 0.3) is 0 Å². The molecule has 3 unspecified atom stereocenters. The van der Waals surface area contributed by atoms with E-state index in [-0.39, 0.29) is 5.54 Å². The maximum Gasteiger partial charge on any atom is 0.244 e. The van der Waals surface area contributed by atoms with Crippen LogP contribution < -0.4 is 5.32 Å². The molecule has 1 spiro atoms. The summed E-state index contributed by atoms with van der Waals surface area (Å²) in [7, 11) is 0. The SMILES string of the molecule is CCCC1NC2(CCCC2)C(=O)N1CC1CC1C. The fourth-order valence-corrected chi connectivity index (χ4v) is 3.83. The maximum absolute atomic E-state index is 12.7. The molecule has 1 heterocycles. The molecule has 3 rings (SSSR count). The monoisotopic (exact) mass is 250 g/mol. The van der Waals surface area contributed by atoms with Crippen molar-refractivity contribution in [1.29, 1.82) is 0 Å². The van der Waals surface area contributed by atoms with E-state index in [1.807, 2.05) is 0 Å². The first kappa shape index (κ1) is 12.5. The van der Waals surface area contributed by atoms with Gasteiger partial charge >= 0.3 is 0 Å². The molecule has 18 heavy (non-hydrogen) atoms. The van der Waals surface area contributed by atoms with E-state index >= 15 is 0 Å². The van der Waals surface area contributed by atoms with Crippen molar-refractivity contribution >= 4 is 5.91 Å². The van der Waals surface area contributed by atoms with Gasteiger partial charge in [0.2, 0.25) is 5.91 Å². The number of nitrogens with zero attached hydrogens (tertiary/aromatic N) is 1. The Morgan fingerprint density at radius 1 is 1.39 bits per heavy atom. The normalized spacial score (nSPS) is 37.8. The number of rotatable bonds is 4. The molecule has 3 atom stereocenters. The lowest BCUT2D eigenvalue weighted by molar-refractivity contribution is -0.133. The second-order valence-corrected chi connectivity index (χ2v) is 6.67. The molecule has 1 aliphatic heterocycles. The van der Waals surface area contributed by atoms with E-state index in [0.717, 1.165) is 44.1 Å². The minimum absolute atomic E-state index is 0.169. The maximum atomic E-state index is 12.7. The molecular weight excluding hydrogens is 224 g/mol. The van der Waals surface area contributed by atoms with Crippen LogP contribution in [0.25, 0.3) is 0 Å². The average molecular weight is 250 g/mol. The van der Waals surface area contributed by atoms with Gasteiger partial charge in [0, 0.05) is 6.54 Å². The van der Waals surface area contributed by atoms with Gasteiger partial charge in [-0.15, -0.1) is 0 Å². The second kappa shape index (κ2) is 4.52. The predicted molar refractivity (Wildman–Crippen MR) is 72.0 cm³/mol.